The Morgan fingerprint density at radius 2 is 2.31 bits per heavy atom. The summed E-state index contributed by atoms with van der Waals surface area (Å²) >= 11 is 0. The van der Waals surface area contributed by atoms with Gasteiger partial charge in [0.15, 0.2) is 0 Å². The van der Waals surface area contributed by atoms with Crippen LogP contribution in [0.5, 0.6) is 0 Å². The van der Waals surface area contributed by atoms with Crippen molar-refractivity contribution in [2.75, 3.05) is 13.2 Å². The van der Waals surface area contributed by atoms with E-state index in [2.05, 4.69) is 5.32 Å². The normalized spacial score (nSPS) is 24.9. The lowest BCUT2D eigenvalue weighted by Gasteiger charge is -2.15. The summed E-state index contributed by atoms with van der Waals surface area (Å²) in [6.45, 7) is 3.38. The van der Waals surface area contributed by atoms with Gasteiger partial charge in [0.05, 0.1) is 25.4 Å². The highest BCUT2D eigenvalue weighted by Crippen LogP contribution is 2.12. The SMILES string of the molecule is Cc1ccc(F)cc1CNC1COCC1O. The number of hydrogen-bond donors (Lipinski definition) is 2. The van der Waals surface area contributed by atoms with E-state index < -0.39 is 6.10 Å². The highest BCUT2D eigenvalue weighted by atomic mass is 19.1. The summed E-state index contributed by atoms with van der Waals surface area (Å²) in [5.74, 6) is -0.231. The summed E-state index contributed by atoms with van der Waals surface area (Å²) < 4.78 is 18.1. The maximum atomic E-state index is 13.0. The average molecular weight is 225 g/mol. The number of halogens is 1. The molecule has 0 amide bonds. The van der Waals surface area contributed by atoms with Crippen molar-refractivity contribution in [1.29, 1.82) is 0 Å². The van der Waals surface area contributed by atoms with Crippen molar-refractivity contribution in [1.82, 2.24) is 5.32 Å². The molecule has 4 heteroatoms. The van der Waals surface area contributed by atoms with Crippen LogP contribution >= 0.6 is 0 Å². The topological polar surface area (TPSA) is 41.5 Å². The first kappa shape index (κ1) is 11.5. The zero-order valence-corrected chi connectivity index (χ0v) is 9.24. The van der Waals surface area contributed by atoms with Crippen molar-refractivity contribution >= 4 is 0 Å². The van der Waals surface area contributed by atoms with Crippen molar-refractivity contribution in [3.05, 3.63) is 35.1 Å². The zero-order valence-electron chi connectivity index (χ0n) is 9.24. The number of hydrogen-bond acceptors (Lipinski definition) is 3. The molecular weight excluding hydrogens is 209 g/mol. The maximum Gasteiger partial charge on any atom is 0.123 e. The Morgan fingerprint density at radius 1 is 1.50 bits per heavy atom. The van der Waals surface area contributed by atoms with Gasteiger partial charge < -0.3 is 15.2 Å². The molecule has 2 rings (SSSR count). The molecule has 2 unspecified atom stereocenters. The standard InChI is InChI=1S/C12H16FNO2/c1-8-2-3-10(13)4-9(8)5-14-11-6-16-7-12(11)15/h2-4,11-12,14-15H,5-7H2,1H3. The molecule has 1 aliphatic rings. The van der Waals surface area contributed by atoms with Crippen LogP contribution < -0.4 is 5.32 Å². The van der Waals surface area contributed by atoms with Gasteiger partial charge in [-0.15, -0.1) is 0 Å². The Kier molecular flexibility index (Phi) is 3.53. The Labute approximate surface area is 94.2 Å². The van der Waals surface area contributed by atoms with Gasteiger partial charge in [-0.2, -0.15) is 0 Å². The van der Waals surface area contributed by atoms with Crippen LogP contribution in [0.1, 0.15) is 11.1 Å². The molecular formula is C12H16FNO2. The van der Waals surface area contributed by atoms with Crippen molar-refractivity contribution < 1.29 is 14.2 Å². The zero-order chi connectivity index (χ0) is 11.5. The first-order valence-electron chi connectivity index (χ1n) is 5.41. The summed E-state index contributed by atoms with van der Waals surface area (Å²) in [5, 5.41) is 12.7. The van der Waals surface area contributed by atoms with E-state index in [-0.39, 0.29) is 11.9 Å². The number of ether oxygens (including phenoxy) is 1. The molecule has 2 atom stereocenters. The van der Waals surface area contributed by atoms with Crippen LogP contribution in [-0.2, 0) is 11.3 Å². The third-order valence-electron chi connectivity index (χ3n) is 2.92. The van der Waals surface area contributed by atoms with Crippen molar-refractivity contribution in [3.63, 3.8) is 0 Å². The molecule has 88 valence electrons. The van der Waals surface area contributed by atoms with E-state index in [0.29, 0.717) is 19.8 Å². The number of benzene rings is 1. The average Bonchev–Trinajstić information content (AvgIpc) is 2.66. The molecule has 1 aliphatic heterocycles. The van der Waals surface area contributed by atoms with Gasteiger partial charge in [0, 0.05) is 6.54 Å². The molecule has 1 saturated heterocycles. The second-order valence-corrected chi connectivity index (χ2v) is 4.16. The number of rotatable bonds is 3. The molecule has 1 heterocycles. The number of aryl methyl sites for hydroxylation is 1. The fraction of sp³-hybridized carbons (Fsp3) is 0.500. The lowest BCUT2D eigenvalue weighted by molar-refractivity contribution is 0.122. The van der Waals surface area contributed by atoms with Crippen LogP contribution in [-0.4, -0.2) is 30.5 Å². The highest BCUT2D eigenvalue weighted by Gasteiger charge is 2.25. The van der Waals surface area contributed by atoms with Gasteiger partial charge in [-0.25, -0.2) is 4.39 Å². The van der Waals surface area contributed by atoms with E-state index in [1.165, 1.54) is 12.1 Å². The Balaban J connectivity index is 1.96. The van der Waals surface area contributed by atoms with Gasteiger partial charge in [0.25, 0.3) is 0 Å². The molecule has 0 radical (unpaired) electrons. The summed E-state index contributed by atoms with van der Waals surface area (Å²) in [4.78, 5) is 0. The molecule has 1 fully saturated rings. The van der Waals surface area contributed by atoms with Crippen LogP contribution in [0, 0.1) is 12.7 Å². The quantitative estimate of drug-likeness (QED) is 0.806. The molecule has 1 aromatic rings. The highest BCUT2D eigenvalue weighted by molar-refractivity contribution is 5.26. The monoisotopic (exact) mass is 225 g/mol. The van der Waals surface area contributed by atoms with Crippen molar-refractivity contribution in [3.8, 4) is 0 Å². The smallest absolute Gasteiger partial charge is 0.123 e. The minimum Gasteiger partial charge on any atom is -0.389 e. The molecule has 16 heavy (non-hydrogen) atoms. The summed E-state index contributed by atoms with van der Waals surface area (Å²) in [7, 11) is 0. The van der Waals surface area contributed by atoms with Crippen molar-refractivity contribution in [2.45, 2.75) is 25.6 Å². The van der Waals surface area contributed by atoms with Gasteiger partial charge in [-0.1, -0.05) is 6.07 Å². The molecule has 2 N–H and O–H groups in total. The molecule has 0 bridgehead atoms. The van der Waals surface area contributed by atoms with E-state index in [1.54, 1.807) is 6.07 Å². The second-order valence-electron chi connectivity index (χ2n) is 4.16. The third kappa shape index (κ3) is 2.58. The van der Waals surface area contributed by atoms with E-state index in [9.17, 15) is 9.50 Å². The summed E-state index contributed by atoms with van der Waals surface area (Å²) in [6.07, 6.45) is -0.464. The fourth-order valence-electron chi connectivity index (χ4n) is 1.81. The van der Waals surface area contributed by atoms with Crippen LogP contribution in [0.3, 0.4) is 0 Å². The Morgan fingerprint density at radius 3 is 3.00 bits per heavy atom. The number of aliphatic hydroxyl groups excluding tert-OH is 1. The van der Waals surface area contributed by atoms with Gasteiger partial charge >= 0.3 is 0 Å². The van der Waals surface area contributed by atoms with Crippen LogP contribution in [0.2, 0.25) is 0 Å². The molecule has 0 spiro atoms. The van der Waals surface area contributed by atoms with Crippen LogP contribution in [0.25, 0.3) is 0 Å². The van der Waals surface area contributed by atoms with E-state index in [1.807, 2.05) is 6.92 Å². The largest absolute Gasteiger partial charge is 0.389 e. The van der Waals surface area contributed by atoms with E-state index >= 15 is 0 Å². The van der Waals surface area contributed by atoms with Gasteiger partial charge in [0.1, 0.15) is 5.82 Å². The minimum atomic E-state index is -0.464. The summed E-state index contributed by atoms with van der Waals surface area (Å²) in [5.41, 5.74) is 1.96. The minimum absolute atomic E-state index is 0.0531. The van der Waals surface area contributed by atoms with E-state index in [0.717, 1.165) is 11.1 Å². The van der Waals surface area contributed by atoms with Gasteiger partial charge in [0.2, 0.25) is 0 Å². The molecule has 0 aliphatic carbocycles. The predicted octanol–water partition coefficient (Wildman–Crippen LogP) is 0.983. The van der Waals surface area contributed by atoms with E-state index in [4.69, 9.17) is 4.74 Å². The van der Waals surface area contributed by atoms with Crippen LogP contribution in [0.15, 0.2) is 18.2 Å². The maximum absolute atomic E-state index is 13.0. The van der Waals surface area contributed by atoms with Crippen molar-refractivity contribution in [2.24, 2.45) is 0 Å². The molecule has 0 aromatic heterocycles. The Hall–Kier alpha value is -0.970. The third-order valence-corrected chi connectivity index (χ3v) is 2.92. The molecule has 0 saturated carbocycles. The molecule has 3 nitrogen and oxygen atoms in total. The lowest BCUT2D eigenvalue weighted by Crippen LogP contribution is -2.38. The number of nitrogens with one attached hydrogen (secondary N) is 1. The summed E-state index contributed by atoms with van der Waals surface area (Å²) in [6, 6.07) is 4.67. The predicted molar refractivity (Wildman–Crippen MR) is 58.6 cm³/mol. The fourth-order valence-corrected chi connectivity index (χ4v) is 1.81. The lowest BCUT2D eigenvalue weighted by atomic mass is 10.1. The van der Waals surface area contributed by atoms with Gasteiger partial charge in [-0.3, -0.25) is 0 Å². The van der Waals surface area contributed by atoms with Crippen LogP contribution in [0.4, 0.5) is 4.39 Å². The first-order valence-corrected chi connectivity index (χ1v) is 5.41. The number of aliphatic hydroxyl groups is 1. The molecule has 1 aromatic carbocycles. The first-order chi connectivity index (χ1) is 7.66. The Bertz CT molecular complexity index is 370. The second kappa shape index (κ2) is 4.91. The van der Waals surface area contributed by atoms with Gasteiger partial charge in [-0.05, 0) is 30.2 Å².